The number of aliphatic hydroxyl groups excluding tert-OH is 1. The minimum atomic E-state index is -0.187. The number of nitrogens with one attached hydrogen (secondary N) is 2. The topological polar surface area (TPSA) is 61.4 Å². The standard InChI is InChI=1S/C17H26N2O2/c1-2-14(12-13-6-4-3-5-7-13)18-17(21)19-15-8-10-16(20)11-9-15/h3-7,14-16,20H,2,8-12H2,1H3,(H2,18,19,21). The van der Waals surface area contributed by atoms with Crippen molar-refractivity contribution in [2.75, 3.05) is 0 Å². The predicted molar refractivity (Wildman–Crippen MR) is 84.2 cm³/mol. The van der Waals surface area contributed by atoms with E-state index in [1.807, 2.05) is 18.2 Å². The van der Waals surface area contributed by atoms with Gasteiger partial charge in [-0.3, -0.25) is 0 Å². The predicted octanol–water partition coefficient (Wildman–Crippen LogP) is 2.61. The fourth-order valence-electron chi connectivity index (χ4n) is 2.83. The molecule has 0 spiro atoms. The summed E-state index contributed by atoms with van der Waals surface area (Å²) < 4.78 is 0. The SMILES string of the molecule is CCC(Cc1ccccc1)NC(=O)NC1CCC(O)CC1. The zero-order valence-electron chi connectivity index (χ0n) is 12.7. The highest BCUT2D eigenvalue weighted by atomic mass is 16.3. The highest BCUT2D eigenvalue weighted by Crippen LogP contribution is 2.18. The Balaban J connectivity index is 1.77. The van der Waals surface area contributed by atoms with Crippen molar-refractivity contribution < 1.29 is 9.90 Å². The quantitative estimate of drug-likeness (QED) is 0.780. The first-order chi connectivity index (χ1) is 10.2. The van der Waals surface area contributed by atoms with Gasteiger partial charge in [-0.25, -0.2) is 4.79 Å². The molecule has 116 valence electrons. The molecule has 0 bridgehead atoms. The van der Waals surface area contributed by atoms with Crippen molar-refractivity contribution in [1.29, 1.82) is 0 Å². The summed E-state index contributed by atoms with van der Waals surface area (Å²) in [6, 6.07) is 10.5. The molecule has 4 heteroatoms. The number of carbonyl (C=O) groups excluding carboxylic acids is 1. The Morgan fingerprint density at radius 1 is 1.24 bits per heavy atom. The largest absolute Gasteiger partial charge is 0.393 e. The van der Waals surface area contributed by atoms with E-state index in [4.69, 9.17) is 0 Å². The molecule has 1 aliphatic carbocycles. The van der Waals surface area contributed by atoms with Gasteiger partial charge in [0.15, 0.2) is 0 Å². The van der Waals surface area contributed by atoms with Crippen LogP contribution in [-0.4, -0.2) is 29.3 Å². The fraction of sp³-hybridized carbons (Fsp3) is 0.588. The van der Waals surface area contributed by atoms with E-state index in [-0.39, 0.29) is 24.2 Å². The van der Waals surface area contributed by atoms with Crippen molar-refractivity contribution in [2.45, 2.75) is 63.6 Å². The van der Waals surface area contributed by atoms with Crippen LogP contribution in [0.15, 0.2) is 30.3 Å². The zero-order chi connectivity index (χ0) is 15.1. The van der Waals surface area contributed by atoms with E-state index in [1.165, 1.54) is 5.56 Å². The molecule has 1 atom stereocenters. The Kier molecular flexibility index (Phi) is 6.05. The van der Waals surface area contributed by atoms with Crippen molar-refractivity contribution in [3.63, 3.8) is 0 Å². The lowest BCUT2D eigenvalue weighted by Gasteiger charge is -2.27. The van der Waals surface area contributed by atoms with Crippen LogP contribution in [0.25, 0.3) is 0 Å². The van der Waals surface area contributed by atoms with Crippen LogP contribution in [0.4, 0.5) is 4.79 Å². The molecule has 0 aromatic heterocycles. The first kappa shape index (κ1) is 15.8. The van der Waals surface area contributed by atoms with Crippen LogP contribution in [0, 0.1) is 0 Å². The van der Waals surface area contributed by atoms with Crippen LogP contribution in [0.2, 0.25) is 0 Å². The van der Waals surface area contributed by atoms with Crippen molar-refractivity contribution in [2.24, 2.45) is 0 Å². The minimum Gasteiger partial charge on any atom is -0.393 e. The van der Waals surface area contributed by atoms with Gasteiger partial charge in [0.05, 0.1) is 6.10 Å². The summed E-state index contributed by atoms with van der Waals surface area (Å²) in [4.78, 5) is 12.1. The molecule has 0 aliphatic heterocycles. The van der Waals surface area contributed by atoms with E-state index >= 15 is 0 Å². The van der Waals surface area contributed by atoms with Gasteiger partial charge < -0.3 is 15.7 Å². The summed E-state index contributed by atoms with van der Waals surface area (Å²) in [5.41, 5.74) is 1.24. The number of hydrogen-bond donors (Lipinski definition) is 3. The summed E-state index contributed by atoms with van der Waals surface area (Å²) >= 11 is 0. The van der Waals surface area contributed by atoms with Gasteiger partial charge in [-0.2, -0.15) is 0 Å². The second kappa shape index (κ2) is 8.03. The Hall–Kier alpha value is -1.55. The lowest BCUT2D eigenvalue weighted by Crippen LogP contribution is -2.48. The summed E-state index contributed by atoms with van der Waals surface area (Å²) in [6.45, 7) is 2.09. The third-order valence-electron chi connectivity index (χ3n) is 4.18. The number of urea groups is 1. The smallest absolute Gasteiger partial charge is 0.315 e. The van der Waals surface area contributed by atoms with Crippen molar-refractivity contribution in [1.82, 2.24) is 10.6 Å². The molecule has 1 aromatic carbocycles. The van der Waals surface area contributed by atoms with E-state index in [0.717, 1.165) is 38.5 Å². The summed E-state index contributed by atoms with van der Waals surface area (Å²) in [6.07, 6.45) is 4.87. The number of benzene rings is 1. The molecule has 1 unspecified atom stereocenters. The molecule has 0 radical (unpaired) electrons. The molecule has 3 N–H and O–H groups in total. The molecule has 1 fully saturated rings. The fourth-order valence-corrected chi connectivity index (χ4v) is 2.83. The average Bonchev–Trinajstić information content (AvgIpc) is 2.50. The van der Waals surface area contributed by atoms with Crippen molar-refractivity contribution >= 4 is 6.03 Å². The minimum absolute atomic E-state index is 0.0841. The third-order valence-corrected chi connectivity index (χ3v) is 4.18. The molecule has 4 nitrogen and oxygen atoms in total. The zero-order valence-corrected chi connectivity index (χ0v) is 12.7. The van der Waals surface area contributed by atoms with E-state index in [0.29, 0.717) is 0 Å². The lowest BCUT2D eigenvalue weighted by molar-refractivity contribution is 0.117. The van der Waals surface area contributed by atoms with Crippen molar-refractivity contribution in [3.05, 3.63) is 35.9 Å². The maximum absolute atomic E-state index is 12.1. The first-order valence-corrected chi connectivity index (χ1v) is 7.96. The van der Waals surface area contributed by atoms with Gasteiger partial charge in [-0.1, -0.05) is 37.3 Å². The number of amides is 2. The summed E-state index contributed by atoms with van der Waals surface area (Å²) in [5.74, 6) is 0. The number of aliphatic hydroxyl groups is 1. The van der Waals surface area contributed by atoms with Crippen LogP contribution in [-0.2, 0) is 6.42 Å². The van der Waals surface area contributed by atoms with Crippen LogP contribution >= 0.6 is 0 Å². The molecule has 1 saturated carbocycles. The summed E-state index contributed by atoms with van der Waals surface area (Å²) in [5, 5.41) is 15.6. The van der Waals surface area contributed by atoms with Gasteiger partial charge in [0, 0.05) is 12.1 Å². The van der Waals surface area contributed by atoms with Gasteiger partial charge in [0.2, 0.25) is 0 Å². The lowest BCUT2D eigenvalue weighted by atomic mass is 9.93. The van der Waals surface area contributed by atoms with Crippen LogP contribution in [0.3, 0.4) is 0 Å². The molecule has 0 saturated heterocycles. The maximum Gasteiger partial charge on any atom is 0.315 e. The normalized spacial score (nSPS) is 23.3. The summed E-state index contributed by atoms with van der Waals surface area (Å²) in [7, 11) is 0. The molecular weight excluding hydrogens is 264 g/mol. The highest BCUT2D eigenvalue weighted by Gasteiger charge is 2.21. The monoisotopic (exact) mass is 290 g/mol. The Bertz CT molecular complexity index is 428. The van der Waals surface area contributed by atoms with Gasteiger partial charge in [-0.05, 0) is 44.1 Å². The molecule has 1 aromatic rings. The molecular formula is C17H26N2O2. The van der Waals surface area contributed by atoms with Gasteiger partial charge in [0.1, 0.15) is 0 Å². The van der Waals surface area contributed by atoms with Crippen molar-refractivity contribution in [3.8, 4) is 0 Å². The van der Waals surface area contributed by atoms with E-state index in [9.17, 15) is 9.90 Å². The average molecular weight is 290 g/mol. The third kappa shape index (κ3) is 5.38. The van der Waals surface area contributed by atoms with E-state index < -0.39 is 0 Å². The Morgan fingerprint density at radius 2 is 1.90 bits per heavy atom. The first-order valence-electron chi connectivity index (χ1n) is 7.96. The molecule has 2 amide bonds. The highest BCUT2D eigenvalue weighted by molar-refractivity contribution is 5.74. The van der Waals surface area contributed by atoms with Gasteiger partial charge >= 0.3 is 6.03 Å². The van der Waals surface area contributed by atoms with Crippen LogP contribution in [0.5, 0.6) is 0 Å². The van der Waals surface area contributed by atoms with E-state index in [2.05, 4.69) is 29.7 Å². The Labute approximate surface area is 126 Å². The molecule has 2 rings (SSSR count). The van der Waals surface area contributed by atoms with Gasteiger partial charge in [-0.15, -0.1) is 0 Å². The van der Waals surface area contributed by atoms with Gasteiger partial charge in [0.25, 0.3) is 0 Å². The maximum atomic E-state index is 12.1. The second-order valence-corrected chi connectivity index (χ2v) is 5.92. The van der Waals surface area contributed by atoms with Crippen LogP contribution in [0.1, 0.15) is 44.6 Å². The molecule has 21 heavy (non-hydrogen) atoms. The van der Waals surface area contributed by atoms with Crippen LogP contribution < -0.4 is 10.6 Å². The van der Waals surface area contributed by atoms with E-state index in [1.54, 1.807) is 0 Å². The molecule has 1 aliphatic rings. The second-order valence-electron chi connectivity index (χ2n) is 5.92. The number of rotatable bonds is 5. The number of hydrogen-bond acceptors (Lipinski definition) is 2. The molecule has 0 heterocycles. The number of carbonyl (C=O) groups is 1. The Morgan fingerprint density at radius 3 is 2.52 bits per heavy atom.